The second-order valence-corrected chi connectivity index (χ2v) is 6.79. The summed E-state index contributed by atoms with van der Waals surface area (Å²) in [6, 6.07) is 0.482. The van der Waals surface area contributed by atoms with Crippen LogP contribution in [0, 0.1) is 0 Å². The quantitative estimate of drug-likeness (QED) is 0.469. The van der Waals surface area contributed by atoms with Crippen LogP contribution >= 0.6 is 11.3 Å². The molecule has 1 aliphatic rings. The molecule has 7 heteroatoms. The fourth-order valence-corrected chi connectivity index (χ4v) is 3.35. The zero-order valence-corrected chi connectivity index (χ0v) is 15.2. The normalized spacial score (nSPS) is 17.1. The van der Waals surface area contributed by atoms with Crippen molar-refractivity contribution in [2.24, 2.45) is 4.99 Å². The number of aromatic nitrogens is 1. The van der Waals surface area contributed by atoms with Crippen LogP contribution in [-0.4, -0.2) is 62.7 Å². The molecule has 1 aromatic rings. The maximum Gasteiger partial charge on any atom is 0.191 e. The first-order valence-corrected chi connectivity index (χ1v) is 8.92. The molecule has 0 radical (unpaired) electrons. The number of anilines is 1. The largest absolute Gasteiger partial charge is 0.354 e. The lowest BCUT2D eigenvalue weighted by Gasteiger charge is -2.32. The first-order valence-electron chi connectivity index (χ1n) is 8.04. The molecule has 23 heavy (non-hydrogen) atoms. The van der Waals surface area contributed by atoms with Crippen molar-refractivity contribution in [3.8, 4) is 0 Å². The van der Waals surface area contributed by atoms with Crippen LogP contribution in [0.3, 0.4) is 0 Å². The highest BCUT2D eigenvalue weighted by atomic mass is 32.1. The molecule has 0 unspecified atom stereocenters. The van der Waals surface area contributed by atoms with E-state index in [-0.39, 0.29) is 0 Å². The summed E-state index contributed by atoms with van der Waals surface area (Å²) in [5.74, 6) is 0.853. The minimum absolute atomic E-state index is 0.482. The summed E-state index contributed by atoms with van der Waals surface area (Å²) in [4.78, 5) is 13.4. The molecule has 0 atom stereocenters. The molecule has 0 spiro atoms. The van der Waals surface area contributed by atoms with Gasteiger partial charge in [0, 0.05) is 52.2 Å². The van der Waals surface area contributed by atoms with Gasteiger partial charge in [0.1, 0.15) is 0 Å². The zero-order chi connectivity index (χ0) is 16.7. The Morgan fingerprint density at radius 1 is 1.52 bits per heavy atom. The molecular formula is C16H28N6S. The van der Waals surface area contributed by atoms with E-state index in [1.54, 1.807) is 11.3 Å². The molecule has 0 aliphatic carbocycles. The van der Waals surface area contributed by atoms with Crippen LogP contribution in [0.4, 0.5) is 5.13 Å². The Bertz CT molecular complexity index is 516. The fourth-order valence-electron chi connectivity index (χ4n) is 2.59. The number of hydrogen-bond acceptors (Lipinski definition) is 5. The van der Waals surface area contributed by atoms with Crippen LogP contribution in [0.2, 0.25) is 0 Å². The van der Waals surface area contributed by atoms with Crippen LogP contribution in [0.25, 0.3) is 0 Å². The third kappa shape index (κ3) is 5.51. The van der Waals surface area contributed by atoms with Gasteiger partial charge in [-0.2, -0.15) is 0 Å². The van der Waals surface area contributed by atoms with Crippen molar-refractivity contribution in [2.75, 3.05) is 45.7 Å². The van der Waals surface area contributed by atoms with E-state index in [9.17, 15) is 0 Å². The minimum atomic E-state index is 0.482. The van der Waals surface area contributed by atoms with E-state index in [1.165, 1.54) is 0 Å². The van der Waals surface area contributed by atoms with Gasteiger partial charge in [0.2, 0.25) is 0 Å². The Morgan fingerprint density at radius 3 is 2.83 bits per heavy atom. The molecule has 0 aromatic carbocycles. The van der Waals surface area contributed by atoms with Crippen LogP contribution in [0.1, 0.15) is 18.5 Å². The lowest BCUT2D eigenvalue weighted by Crippen LogP contribution is -2.48. The van der Waals surface area contributed by atoms with Gasteiger partial charge < -0.3 is 15.5 Å². The smallest absolute Gasteiger partial charge is 0.191 e. The number of thiazole rings is 1. The number of aliphatic imine (C=N–C) groups is 1. The lowest BCUT2D eigenvalue weighted by molar-refractivity contribution is 0.225. The van der Waals surface area contributed by atoms with Gasteiger partial charge in [0.15, 0.2) is 11.1 Å². The Kier molecular flexibility index (Phi) is 6.85. The number of guanidine groups is 1. The Labute approximate surface area is 143 Å². The van der Waals surface area contributed by atoms with E-state index < -0.39 is 0 Å². The van der Waals surface area contributed by atoms with Crippen molar-refractivity contribution in [1.82, 2.24) is 20.5 Å². The topological polar surface area (TPSA) is 55.8 Å². The SMILES string of the molecule is C=CCN1CCC(NC(=NC)NCc2csc(N(C)C)n2)CC1. The number of hydrogen-bond donors (Lipinski definition) is 2. The average Bonchev–Trinajstić information content (AvgIpc) is 3.02. The Hall–Kier alpha value is -1.60. The molecular weight excluding hydrogens is 308 g/mol. The lowest BCUT2D eigenvalue weighted by atomic mass is 10.1. The van der Waals surface area contributed by atoms with Crippen molar-refractivity contribution < 1.29 is 0 Å². The third-order valence-electron chi connectivity index (χ3n) is 3.90. The molecule has 1 saturated heterocycles. The van der Waals surface area contributed by atoms with E-state index in [4.69, 9.17) is 0 Å². The number of rotatable bonds is 6. The molecule has 0 amide bonds. The van der Waals surface area contributed by atoms with E-state index in [0.717, 1.165) is 49.3 Å². The van der Waals surface area contributed by atoms with Gasteiger partial charge in [0.25, 0.3) is 0 Å². The molecule has 128 valence electrons. The monoisotopic (exact) mass is 336 g/mol. The number of nitrogens with zero attached hydrogens (tertiary/aromatic N) is 4. The van der Waals surface area contributed by atoms with Crippen molar-refractivity contribution >= 4 is 22.4 Å². The standard InChI is InChI=1S/C16H28N6S/c1-5-8-22-9-6-13(7-10-22)19-15(17-2)18-11-14-12-23-16(20-14)21(3)4/h5,12-13H,1,6-11H2,2-4H3,(H2,17,18,19). The predicted molar refractivity (Wildman–Crippen MR) is 99.4 cm³/mol. The number of nitrogens with one attached hydrogen (secondary N) is 2. The zero-order valence-electron chi connectivity index (χ0n) is 14.4. The van der Waals surface area contributed by atoms with Crippen molar-refractivity contribution in [3.05, 3.63) is 23.7 Å². The summed E-state index contributed by atoms with van der Waals surface area (Å²) < 4.78 is 0. The maximum atomic E-state index is 4.58. The van der Waals surface area contributed by atoms with Crippen LogP contribution < -0.4 is 15.5 Å². The van der Waals surface area contributed by atoms with Crippen molar-refractivity contribution in [1.29, 1.82) is 0 Å². The molecule has 2 rings (SSSR count). The van der Waals surface area contributed by atoms with Gasteiger partial charge in [-0.1, -0.05) is 6.08 Å². The average molecular weight is 337 g/mol. The van der Waals surface area contributed by atoms with Gasteiger partial charge in [-0.3, -0.25) is 9.89 Å². The summed E-state index contributed by atoms with van der Waals surface area (Å²) in [5.41, 5.74) is 1.04. The third-order valence-corrected chi connectivity index (χ3v) is 4.96. The Balaban J connectivity index is 1.76. The van der Waals surface area contributed by atoms with Gasteiger partial charge in [0.05, 0.1) is 12.2 Å². The van der Waals surface area contributed by atoms with Crippen LogP contribution in [0.15, 0.2) is 23.0 Å². The summed E-state index contributed by atoms with van der Waals surface area (Å²) in [7, 11) is 5.83. The molecule has 2 heterocycles. The summed E-state index contributed by atoms with van der Waals surface area (Å²) >= 11 is 1.66. The second-order valence-electron chi connectivity index (χ2n) is 5.95. The van der Waals surface area contributed by atoms with Crippen molar-refractivity contribution in [3.63, 3.8) is 0 Å². The molecule has 1 fully saturated rings. The van der Waals surface area contributed by atoms with Crippen LogP contribution in [-0.2, 0) is 6.54 Å². The molecule has 0 bridgehead atoms. The number of likely N-dealkylation sites (tertiary alicyclic amines) is 1. The summed E-state index contributed by atoms with van der Waals surface area (Å²) in [5, 5.41) is 9.99. The predicted octanol–water partition coefficient (Wildman–Crippen LogP) is 1.52. The first-order chi connectivity index (χ1) is 11.1. The molecule has 6 nitrogen and oxygen atoms in total. The molecule has 1 aromatic heterocycles. The van der Waals surface area contributed by atoms with E-state index >= 15 is 0 Å². The molecule has 2 N–H and O–H groups in total. The van der Waals surface area contributed by atoms with Gasteiger partial charge in [-0.05, 0) is 12.8 Å². The highest BCUT2D eigenvalue weighted by molar-refractivity contribution is 7.13. The van der Waals surface area contributed by atoms with E-state index in [1.807, 2.05) is 32.1 Å². The Morgan fingerprint density at radius 2 is 2.26 bits per heavy atom. The highest BCUT2D eigenvalue weighted by Gasteiger charge is 2.19. The van der Waals surface area contributed by atoms with E-state index in [0.29, 0.717) is 12.6 Å². The fraction of sp³-hybridized carbons (Fsp3) is 0.625. The van der Waals surface area contributed by atoms with Crippen LogP contribution in [0.5, 0.6) is 0 Å². The first kappa shape index (κ1) is 17.7. The maximum absolute atomic E-state index is 4.58. The van der Waals surface area contributed by atoms with Gasteiger partial charge in [-0.15, -0.1) is 17.9 Å². The summed E-state index contributed by atoms with van der Waals surface area (Å²) in [6.07, 6.45) is 4.25. The van der Waals surface area contributed by atoms with E-state index in [2.05, 4.69) is 37.5 Å². The minimum Gasteiger partial charge on any atom is -0.354 e. The second kappa shape index (κ2) is 8.88. The highest BCUT2D eigenvalue weighted by Crippen LogP contribution is 2.17. The van der Waals surface area contributed by atoms with Gasteiger partial charge in [-0.25, -0.2) is 4.98 Å². The molecule has 1 aliphatic heterocycles. The van der Waals surface area contributed by atoms with Crippen molar-refractivity contribution in [2.45, 2.75) is 25.4 Å². The number of piperidine rings is 1. The van der Waals surface area contributed by atoms with Gasteiger partial charge >= 0.3 is 0 Å². The molecule has 0 saturated carbocycles. The summed E-state index contributed by atoms with van der Waals surface area (Å²) in [6.45, 7) is 7.70.